The molecule has 10 heteroatoms. The molecule has 42 heavy (non-hydrogen) atoms. The predicted octanol–water partition coefficient (Wildman–Crippen LogP) is 5.04. The van der Waals surface area contributed by atoms with Crippen LogP contribution in [0, 0.1) is 0 Å². The van der Waals surface area contributed by atoms with Crippen LogP contribution in [0.5, 0.6) is 0 Å². The number of likely N-dealkylation sites (N-methyl/N-ethyl adjacent to an activating group) is 1. The van der Waals surface area contributed by atoms with Gasteiger partial charge in [0.2, 0.25) is 0 Å². The standard InChI is InChI=1S/C32H58NO9/c1-6-8-15-20-29(42-32(38)26-33(4,5)22-23-40-30(36)18-7-2)28(35)19-16-13-11-9-10-12-14-17-21-31(37)41-25-24-39-27(3)34/h13,16,28-29,35H,6-12,14-15,17-26H2,1-5H3/q+1/b16-13-. The molecule has 0 rings (SSSR count). The van der Waals surface area contributed by atoms with E-state index in [0.717, 1.165) is 64.2 Å². The molecule has 0 aromatic carbocycles. The van der Waals surface area contributed by atoms with Gasteiger partial charge in [-0.1, -0.05) is 58.1 Å². The highest BCUT2D eigenvalue weighted by Crippen LogP contribution is 2.16. The van der Waals surface area contributed by atoms with Crippen molar-refractivity contribution in [1.29, 1.82) is 0 Å². The number of hydrogen-bond acceptors (Lipinski definition) is 9. The van der Waals surface area contributed by atoms with Crippen LogP contribution >= 0.6 is 0 Å². The summed E-state index contributed by atoms with van der Waals surface area (Å²) in [5.41, 5.74) is 0. The normalized spacial score (nSPS) is 13.0. The van der Waals surface area contributed by atoms with Crippen molar-refractivity contribution in [1.82, 2.24) is 0 Å². The van der Waals surface area contributed by atoms with Gasteiger partial charge in [-0.05, 0) is 44.9 Å². The number of ether oxygens (including phenoxy) is 4. The summed E-state index contributed by atoms with van der Waals surface area (Å²) in [7, 11) is 3.79. The average molecular weight is 601 g/mol. The first-order chi connectivity index (χ1) is 20.0. The Balaban J connectivity index is 4.30. The molecule has 0 saturated heterocycles. The third kappa shape index (κ3) is 24.2. The SMILES string of the molecule is CCCCCC(OC(=O)C[N+](C)(C)CCOC(=O)CCC)C(O)C/C=C\CCCCCCCC(=O)OCCOC(C)=O. The predicted molar refractivity (Wildman–Crippen MR) is 161 cm³/mol. The third-order valence-corrected chi connectivity index (χ3v) is 6.72. The Morgan fingerprint density at radius 1 is 0.738 bits per heavy atom. The largest absolute Gasteiger partial charge is 0.462 e. The number of aliphatic hydroxyl groups is 1. The third-order valence-electron chi connectivity index (χ3n) is 6.72. The Morgan fingerprint density at radius 2 is 1.38 bits per heavy atom. The molecule has 0 aliphatic rings. The number of quaternary nitrogens is 1. The molecular weight excluding hydrogens is 542 g/mol. The topological polar surface area (TPSA) is 125 Å². The fourth-order valence-electron chi connectivity index (χ4n) is 4.22. The molecule has 0 spiro atoms. The van der Waals surface area contributed by atoms with E-state index in [0.29, 0.717) is 36.7 Å². The molecule has 0 aromatic heterocycles. The van der Waals surface area contributed by atoms with Gasteiger partial charge >= 0.3 is 23.9 Å². The van der Waals surface area contributed by atoms with Crippen LogP contribution in [-0.2, 0) is 38.1 Å². The van der Waals surface area contributed by atoms with Crippen molar-refractivity contribution in [2.75, 3.05) is 47.0 Å². The minimum absolute atomic E-state index is 0.0916. The smallest absolute Gasteiger partial charge is 0.362 e. The molecule has 0 heterocycles. The second-order valence-electron chi connectivity index (χ2n) is 11.5. The van der Waals surface area contributed by atoms with Gasteiger partial charge in [0.25, 0.3) is 0 Å². The number of aliphatic hydroxyl groups excluding tert-OH is 1. The first kappa shape index (κ1) is 39.5. The van der Waals surface area contributed by atoms with E-state index in [2.05, 4.69) is 13.0 Å². The van der Waals surface area contributed by atoms with Gasteiger partial charge in [-0.15, -0.1) is 0 Å². The lowest BCUT2D eigenvalue weighted by molar-refractivity contribution is -0.883. The van der Waals surface area contributed by atoms with Crippen LogP contribution in [0.1, 0.15) is 111 Å². The van der Waals surface area contributed by atoms with Gasteiger partial charge in [0.1, 0.15) is 32.5 Å². The molecule has 10 nitrogen and oxygen atoms in total. The molecule has 0 saturated carbocycles. The minimum Gasteiger partial charge on any atom is -0.462 e. The summed E-state index contributed by atoms with van der Waals surface area (Å²) < 4.78 is 21.0. The Kier molecular flexibility index (Phi) is 23.6. The summed E-state index contributed by atoms with van der Waals surface area (Å²) in [6.45, 7) is 6.42. The maximum Gasteiger partial charge on any atom is 0.362 e. The zero-order chi connectivity index (χ0) is 31.6. The van der Waals surface area contributed by atoms with E-state index in [9.17, 15) is 24.3 Å². The number of hydrogen-bond donors (Lipinski definition) is 1. The maximum atomic E-state index is 12.7. The first-order valence-corrected chi connectivity index (χ1v) is 15.8. The number of allylic oxidation sites excluding steroid dienone is 1. The Bertz CT molecular complexity index is 782. The quantitative estimate of drug-likeness (QED) is 0.0478. The average Bonchev–Trinajstić information content (AvgIpc) is 2.91. The highest BCUT2D eigenvalue weighted by atomic mass is 16.6. The van der Waals surface area contributed by atoms with Crippen LogP contribution in [-0.4, -0.2) is 92.7 Å². The molecule has 1 N–H and O–H groups in total. The zero-order valence-electron chi connectivity index (χ0n) is 26.9. The van der Waals surface area contributed by atoms with Crippen LogP contribution in [0.3, 0.4) is 0 Å². The number of rotatable bonds is 26. The lowest BCUT2D eigenvalue weighted by Gasteiger charge is -2.30. The van der Waals surface area contributed by atoms with E-state index in [4.69, 9.17) is 18.9 Å². The van der Waals surface area contributed by atoms with E-state index in [1.165, 1.54) is 6.92 Å². The summed E-state index contributed by atoms with van der Waals surface area (Å²) in [5.74, 6) is -1.24. The van der Waals surface area contributed by atoms with Crippen molar-refractivity contribution in [3.8, 4) is 0 Å². The lowest BCUT2D eigenvalue weighted by atomic mass is 10.0. The molecule has 0 radical (unpaired) electrons. The summed E-state index contributed by atoms with van der Waals surface area (Å²) in [6.07, 6.45) is 13.9. The number of nitrogens with zero attached hydrogens (tertiary/aromatic N) is 1. The molecule has 0 aromatic rings. The fraction of sp³-hybridized carbons (Fsp3) is 0.812. The summed E-state index contributed by atoms with van der Waals surface area (Å²) in [5, 5.41) is 10.8. The molecule has 0 amide bonds. The molecule has 0 fully saturated rings. The Morgan fingerprint density at radius 3 is 2.07 bits per heavy atom. The van der Waals surface area contributed by atoms with Gasteiger partial charge in [-0.2, -0.15) is 0 Å². The molecular formula is C32H58NO9+. The van der Waals surface area contributed by atoms with Gasteiger partial charge in [-0.3, -0.25) is 14.4 Å². The van der Waals surface area contributed by atoms with Crippen LogP contribution < -0.4 is 0 Å². The van der Waals surface area contributed by atoms with Crippen molar-refractivity contribution in [3.63, 3.8) is 0 Å². The second-order valence-corrected chi connectivity index (χ2v) is 11.5. The van der Waals surface area contributed by atoms with Gasteiger partial charge in [0.15, 0.2) is 6.54 Å². The lowest BCUT2D eigenvalue weighted by Crippen LogP contribution is -2.48. The monoisotopic (exact) mass is 600 g/mol. The van der Waals surface area contributed by atoms with Gasteiger partial charge in [-0.25, -0.2) is 4.79 Å². The van der Waals surface area contributed by atoms with E-state index in [1.807, 2.05) is 27.1 Å². The Labute approximate surface area is 253 Å². The van der Waals surface area contributed by atoms with E-state index in [-0.39, 0.29) is 50.2 Å². The second kappa shape index (κ2) is 25.1. The van der Waals surface area contributed by atoms with Gasteiger partial charge < -0.3 is 28.5 Å². The van der Waals surface area contributed by atoms with Crippen LogP contribution in [0.2, 0.25) is 0 Å². The van der Waals surface area contributed by atoms with E-state index >= 15 is 0 Å². The van der Waals surface area contributed by atoms with Crippen molar-refractivity contribution >= 4 is 23.9 Å². The maximum absolute atomic E-state index is 12.7. The zero-order valence-corrected chi connectivity index (χ0v) is 26.9. The molecule has 244 valence electrons. The minimum atomic E-state index is -0.763. The number of esters is 4. The highest BCUT2D eigenvalue weighted by Gasteiger charge is 2.27. The van der Waals surface area contributed by atoms with Crippen LogP contribution in [0.15, 0.2) is 12.2 Å². The fourth-order valence-corrected chi connectivity index (χ4v) is 4.22. The van der Waals surface area contributed by atoms with E-state index < -0.39 is 12.2 Å². The van der Waals surface area contributed by atoms with E-state index in [1.54, 1.807) is 0 Å². The van der Waals surface area contributed by atoms with Crippen molar-refractivity contribution in [3.05, 3.63) is 12.2 Å². The van der Waals surface area contributed by atoms with Crippen molar-refractivity contribution in [2.24, 2.45) is 0 Å². The summed E-state index contributed by atoms with van der Waals surface area (Å²) in [6, 6.07) is 0. The highest BCUT2D eigenvalue weighted by molar-refractivity contribution is 5.71. The molecule has 2 unspecified atom stereocenters. The van der Waals surface area contributed by atoms with Crippen LogP contribution in [0.25, 0.3) is 0 Å². The number of carbonyl (C=O) groups excluding carboxylic acids is 4. The Hall–Kier alpha value is -2.46. The number of unbranched alkanes of at least 4 members (excludes halogenated alkanes) is 7. The van der Waals surface area contributed by atoms with Gasteiger partial charge in [0, 0.05) is 19.8 Å². The molecule has 0 aliphatic carbocycles. The summed E-state index contributed by atoms with van der Waals surface area (Å²) in [4.78, 5) is 46.6. The first-order valence-electron chi connectivity index (χ1n) is 15.8. The molecule has 0 bridgehead atoms. The molecule has 0 aliphatic heterocycles. The van der Waals surface area contributed by atoms with Crippen molar-refractivity contribution in [2.45, 2.75) is 123 Å². The molecule has 2 atom stereocenters. The summed E-state index contributed by atoms with van der Waals surface area (Å²) >= 11 is 0. The van der Waals surface area contributed by atoms with Gasteiger partial charge in [0.05, 0.1) is 20.2 Å². The van der Waals surface area contributed by atoms with Crippen LogP contribution in [0.4, 0.5) is 0 Å². The number of carbonyl (C=O) groups is 4. The van der Waals surface area contributed by atoms with Crippen molar-refractivity contribution < 1.29 is 47.7 Å².